The standard InChI is InChI=1S/C26H29NO3S/c1-2-11-30-24-7-3-20(4-8-24)21-5-9-25(10-6-21)31(28,29)27-17-26-22-13-18-12-19(15-22)16-23(26)14-18/h1,3-10,18-19,22-23,26-27H,11-17H2. The van der Waals surface area contributed by atoms with E-state index < -0.39 is 10.0 Å². The Morgan fingerprint density at radius 1 is 0.871 bits per heavy atom. The topological polar surface area (TPSA) is 55.4 Å². The van der Waals surface area contributed by atoms with Crippen molar-refractivity contribution in [3.8, 4) is 29.2 Å². The Morgan fingerprint density at radius 2 is 1.42 bits per heavy atom. The molecule has 0 heterocycles. The van der Waals surface area contributed by atoms with Gasteiger partial charge in [-0.15, -0.1) is 6.42 Å². The average Bonchev–Trinajstić information content (AvgIpc) is 2.77. The molecule has 4 fully saturated rings. The lowest BCUT2D eigenvalue weighted by Gasteiger charge is -2.54. The Kier molecular flexibility index (Phi) is 5.54. The third kappa shape index (κ3) is 4.24. The number of ether oxygens (including phenoxy) is 1. The molecule has 0 saturated heterocycles. The first-order valence-corrected chi connectivity index (χ1v) is 12.8. The van der Waals surface area contributed by atoms with Gasteiger partial charge in [0.2, 0.25) is 10.0 Å². The summed E-state index contributed by atoms with van der Waals surface area (Å²) in [6.07, 6.45) is 11.9. The van der Waals surface area contributed by atoms with Gasteiger partial charge in [0, 0.05) is 6.54 Å². The minimum atomic E-state index is -3.50. The molecule has 162 valence electrons. The lowest BCUT2D eigenvalue weighted by Crippen LogP contribution is -2.49. The van der Waals surface area contributed by atoms with Gasteiger partial charge in [-0.25, -0.2) is 13.1 Å². The van der Waals surface area contributed by atoms with Crippen LogP contribution in [-0.4, -0.2) is 21.6 Å². The molecule has 5 heteroatoms. The Hall–Kier alpha value is -2.29. The van der Waals surface area contributed by atoms with E-state index in [2.05, 4.69) is 10.6 Å². The van der Waals surface area contributed by atoms with Gasteiger partial charge >= 0.3 is 0 Å². The second-order valence-electron chi connectivity index (χ2n) is 9.49. The number of rotatable bonds is 7. The van der Waals surface area contributed by atoms with Crippen molar-refractivity contribution in [3.05, 3.63) is 48.5 Å². The molecule has 31 heavy (non-hydrogen) atoms. The summed E-state index contributed by atoms with van der Waals surface area (Å²) in [6, 6.07) is 14.7. The van der Waals surface area contributed by atoms with Gasteiger partial charge in [-0.1, -0.05) is 30.2 Å². The zero-order valence-corrected chi connectivity index (χ0v) is 18.5. The average molecular weight is 436 g/mol. The van der Waals surface area contributed by atoms with Crippen LogP contribution < -0.4 is 9.46 Å². The summed E-state index contributed by atoms with van der Waals surface area (Å²) in [7, 11) is -3.50. The lowest BCUT2D eigenvalue weighted by atomic mass is 9.52. The van der Waals surface area contributed by atoms with Crippen LogP contribution in [0.1, 0.15) is 32.1 Å². The first kappa shape index (κ1) is 20.6. The van der Waals surface area contributed by atoms with Crippen molar-refractivity contribution < 1.29 is 13.2 Å². The third-order valence-corrected chi connectivity index (χ3v) is 9.04. The molecule has 0 spiro atoms. The minimum Gasteiger partial charge on any atom is -0.481 e. The van der Waals surface area contributed by atoms with Gasteiger partial charge in [0.1, 0.15) is 12.4 Å². The third-order valence-electron chi connectivity index (χ3n) is 7.61. The van der Waals surface area contributed by atoms with Gasteiger partial charge in [0.25, 0.3) is 0 Å². The summed E-state index contributed by atoms with van der Waals surface area (Å²) in [5.41, 5.74) is 1.96. The van der Waals surface area contributed by atoms with Crippen LogP contribution in [0.25, 0.3) is 11.1 Å². The molecular weight excluding hydrogens is 406 g/mol. The molecule has 0 aliphatic heterocycles. The van der Waals surface area contributed by atoms with E-state index in [1.54, 1.807) is 12.1 Å². The van der Waals surface area contributed by atoms with Gasteiger partial charge in [-0.2, -0.15) is 0 Å². The van der Waals surface area contributed by atoms with Gasteiger partial charge in [-0.05, 0) is 97.1 Å². The predicted molar refractivity (Wildman–Crippen MR) is 122 cm³/mol. The molecule has 4 nitrogen and oxygen atoms in total. The molecule has 4 aliphatic rings. The fraction of sp³-hybridized carbons (Fsp3) is 0.462. The van der Waals surface area contributed by atoms with E-state index in [4.69, 9.17) is 11.2 Å². The molecule has 2 aromatic carbocycles. The Balaban J connectivity index is 1.23. The van der Waals surface area contributed by atoms with Crippen LogP contribution in [-0.2, 0) is 10.0 Å². The van der Waals surface area contributed by atoms with Gasteiger partial charge < -0.3 is 4.74 Å². The smallest absolute Gasteiger partial charge is 0.240 e. The SMILES string of the molecule is C#CCOc1ccc(-c2ccc(S(=O)(=O)NCC3C4CC5CC(C4)CC3C5)cc2)cc1. The minimum absolute atomic E-state index is 0.239. The van der Waals surface area contributed by atoms with E-state index in [0.717, 1.165) is 28.7 Å². The molecule has 2 aromatic rings. The second-order valence-corrected chi connectivity index (χ2v) is 11.3. The van der Waals surface area contributed by atoms with Crippen molar-refractivity contribution in [1.82, 2.24) is 4.72 Å². The number of hydrogen-bond donors (Lipinski definition) is 1. The number of benzene rings is 2. The van der Waals surface area contributed by atoms with E-state index >= 15 is 0 Å². The summed E-state index contributed by atoms with van der Waals surface area (Å²) >= 11 is 0. The lowest BCUT2D eigenvalue weighted by molar-refractivity contribution is -0.0335. The summed E-state index contributed by atoms with van der Waals surface area (Å²) < 4.78 is 34.2. The van der Waals surface area contributed by atoms with Crippen LogP contribution in [0.5, 0.6) is 5.75 Å². The zero-order valence-electron chi connectivity index (χ0n) is 17.7. The largest absolute Gasteiger partial charge is 0.481 e. The van der Waals surface area contributed by atoms with Crippen molar-refractivity contribution >= 4 is 10.0 Å². The highest BCUT2D eigenvalue weighted by Crippen LogP contribution is 2.56. The molecule has 6 rings (SSSR count). The first-order chi connectivity index (χ1) is 15.0. The van der Waals surface area contributed by atoms with Crippen LogP contribution in [0.4, 0.5) is 0 Å². The monoisotopic (exact) mass is 435 g/mol. The maximum absolute atomic E-state index is 12.9. The fourth-order valence-corrected chi connectivity index (χ4v) is 7.43. The Bertz CT molecular complexity index is 1040. The van der Waals surface area contributed by atoms with Crippen LogP contribution in [0, 0.1) is 41.9 Å². The highest BCUT2D eigenvalue weighted by molar-refractivity contribution is 7.89. The molecule has 1 N–H and O–H groups in total. The van der Waals surface area contributed by atoms with Gasteiger partial charge in [-0.3, -0.25) is 0 Å². The maximum Gasteiger partial charge on any atom is 0.240 e. The Morgan fingerprint density at radius 3 is 1.97 bits per heavy atom. The maximum atomic E-state index is 12.9. The van der Waals surface area contributed by atoms with Crippen LogP contribution in [0.3, 0.4) is 0 Å². The van der Waals surface area contributed by atoms with Crippen molar-refractivity contribution in [1.29, 1.82) is 0 Å². The number of hydrogen-bond acceptors (Lipinski definition) is 3. The molecule has 0 unspecified atom stereocenters. The highest BCUT2D eigenvalue weighted by atomic mass is 32.2. The normalized spacial score (nSPS) is 28.9. The first-order valence-electron chi connectivity index (χ1n) is 11.3. The number of sulfonamides is 1. The number of terminal acetylenes is 1. The van der Waals surface area contributed by atoms with Crippen LogP contribution in [0.2, 0.25) is 0 Å². The van der Waals surface area contributed by atoms with E-state index in [0.29, 0.717) is 29.2 Å². The molecule has 0 amide bonds. The van der Waals surface area contributed by atoms with Crippen molar-refractivity contribution in [3.63, 3.8) is 0 Å². The van der Waals surface area contributed by atoms with E-state index in [1.165, 1.54) is 32.1 Å². The molecule has 0 radical (unpaired) electrons. The molecule has 4 saturated carbocycles. The van der Waals surface area contributed by atoms with E-state index in [-0.39, 0.29) is 6.61 Å². The van der Waals surface area contributed by atoms with E-state index in [9.17, 15) is 8.42 Å². The summed E-state index contributed by atoms with van der Waals surface area (Å²) in [5, 5.41) is 0. The molecule has 4 aliphatic carbocycles. The predicted octanol–water partition coefficient (Wildman–Crippen LogP) is 4.72. The summed E-state index contributed by atoms with van der Waals surface area (Å²) in [5.74, 6) is 6.91. The van der Waals surface area contributed by atoms with Crippen LogP contribution in [0.15, 0.2) is 53.4 Å². The fourth-order valence-electron chi connectivity index (χ4n) is 6.36. The van der Waals surface area contributed by atoms with Crippen molar-refractivity contribution in [2.75, 3.05) is 13.2 Å². The molecule has 4 bridgehead atoms. The highest BCUT2D eigenvalue weighted by Gasteiger charge is 2.48. The summed E-state index contributed by atoms with van der Waals surface area (Å²) in [4.78, 5) is 0.328. The van der Waals surface area contributed by atoms with Gasteiger partial charge in [0.15, 0.2) is 0 Å². The van der Waals surface area contributed by atoms with Crippen LogP contribution >= 0.6 is 0 Å². The summed E-state index contributed by atoms with van der Waals surface area (Å²) in [6.45, 7) is 0.820. The van der Waals surface area contributed by atoms with E-state index in [1.807, 2.05) is 36.4 Å². The quantitative estimate of drug-likeness (QED) is 0.641. The van der Waals surface area contributed by atoms with Crippen molar-refractivity contribution in [2.24, 2.45) is 29.6 Å². The van der Waals surface area contributed by atoms with Crippen molar-refractivity contribution in [2.45, 2.75) is 37.0 Å². The zero-order chi connectivity index (χ0) is 21.4. The molecular formula is C26H29NO3S. The molecule has 0 aromatic heterocycles. The number of nitrogens with one attached hydrogen (secondary N) is 1. The van der Waals surface area contributed by atoms with Gasteiger partial charge in [0.05, 0.1) is 4.90 Å². The Labute approximate surface area is 185 Å². The second kappa shape index (κ2) is 8.33. The molecule has 0 atom stereocenters.